The maximum Gasteiger partial charge on any atom is 0.229 e. The minimum atomic E-state index is -0.456. The van der Waals surface area contributed by atoms with Crippen LogP contribution in [0.15, 0.2) is 24.7 Å². The number of hydrogen-bond acceptors (Lipinski definition) is 7. The Morgan fingerprint density at radius 1 is 1.38 bits per heavy atom. The van der Waals surface area contributed by atoms with Crippen LogP contribution in [0, 0.1) is 0 Å². The highest BCUT2D eigenvalue weighted by molar-refractivity contribution is 5.55. The molecule has 0 saturated carbocycles. The predicted molar refractivity (Wildman–Crippen MR) is 96.1 cm³/mol. The molecule has 2 saturated heterocycles. The summed E-state index contributed by atoms with van der Waals surface area (Å²) in [6, 6.07) is 2.45. The first-order valence-corrected chi connectivity index (χ1v) is 8.90. The van der Waals surface area contributed by atoms with E-state index in [0.717, 1.165) is 43.8 Å². The van der Waals surface area contributed by atoms with Crippen LogP contribution < -0.4 is 10.2 Å². The summed E-state index contributed by atoms with van der Waals surface area (Å²) in [5.41, 5.74) is 0.772. The molecule has 2 aromatic heterocycles. The topological polar surface area (TPSA) is 99.4 Å². The fourth-order valence-corrected chi connectivity index (χ4v) is 3.81. The minimum Gasteiger partial charge on any atom is -0.391 e. The van der Waals surface area contributed by atoms with Gasteiger partial charge in [0.1, 0.15) is 5.82 Å². The molecule has 0 aliphatic carbocycles. The molecule has 9 heteroatoms. The molecule has 3 atom stereocenters. The predicted octanol–water partition coefficient (Wildman–Crippen LogP) is 0.607. The number of aliphatic hydroxyl groups excluding tert-OH is 1. The lowest BCUT2D eigenvalue weighted by molar-refractivity contribution is -0.121. The van der Waals surface area contributed by atoms with Gasteiger partial charge in [-0.05, 0) is 25.8 Å². The van der Waals surface area contributed by atoms with Gasteiger partial charge in [0.25, 0.3) is 0 Å². The second-order valence-electron chi connectivity index (χ2n) is 7.01. The molecule has 2 fully saturated rings. The zero-order valence-corrected chi connectivity index (χ0v) is 14.7. The van der Waals surface area contributed by atoms with Crippen LogP contribution in [0.1, 0.15) is 19.8 Å². The van der Waals surface area contributed by atoms with Crippen molar-refractivity contribution in [2.24, 2.45) is 0 Å². The Morgan fingerprint density at radius 3 is 2.85 bits per heavy atom. The van der Waals surface area contributed by atoms with E-state index < -0.39 is 6.10 Å². The number of anilines is 3. The van der Waals surface area contributed by atoms with Gasteiger partial charge in [0, 0.05) is 37.6 Å². The first-order valence-electron chi connectivity index (χ1n) is 8.90. The van der Waals surface area contributed by atoms with Crippen molar-refractivity contribution >= 4 is 23.9 Å². The van der Waals surface area contributed by atoms with E-state index in [1.807, 2.05) is 17.2 Å². The van der Waals surface area contributed by atoms with Crippen LogP contribution in [0.25, 0.3) is 0 Å². The van der Waals surface area contributed by atoms with Crippen LogP contribution in [0.5, 0.6) is 0 Å². The number of nitrogens with one attached hydrogen (secondary N) is 1. The average Bonchev–Trinajstić information content (AvgIpc) is 3.15. The Balaban J connectivity index is 1.46. The Hall–Kier alpha value is -2.68. The van der Waals surface area contributed by atoms with Crippen molar-refractivity contribution < 1.29 is 9.90 Å². The molecule has 26 heavy (non-hydrogen) atoms. The van der Waals surface area contributed by atoms with Gasteiger partial charge in [-0.3, -0.25) is 9.48 Å². The summed E-state index contributed by atoms with van der Waals surface area (Å²) in [5, 5.41) is 16.8. The van der Waals surface area contributed by atoms with Crippen molar-refractivity contribution in [3.63, 3.8) is 0 Å². The molecule has 2 aromatic rings. The average molecular weight is 357 g/mol. The molecule has 0 spiro atoms. The number of amides is 1. The molecule has 2 bridgehead atoms. The van der Waals surface area contributed by atoms with Crippen molar-refractivity contribution in [1.29, 1.82) is 0 Å². The smallest absolute Gasteiger partial charge is 0.229 e. The van der Waals surface area contributed by atoms with Gasteiger partial charge in [-0.25, -0.2) is 4.98 Å². The van der Waals surface area contributed by atoms with Gasteiger partial charge in [-0.15, -0.1) is 0 Å². The summed E-state index contributed by atoms with van der Waals surface area (Å²) in [5.74, 6) is 1.37. The van der Waals surface area contributed by atoms with Crippen molar-refractivity contribution in [1.82, 2.24) is 24.6 Å². The fraction of sp³-hybridized carbons (Fsp3) is 0.529. The van der Waals surface area contributed by atoms with Gasteiger partial charge >= 0.3 is 0 Å². The number of aliphatic hydroxyl groups is 1. The van der Waals surface area contributed by atoms with E-state index in [0.29, 0.717) is 12.5 Å². The fourth-order valence-electron chi connectivity index (χ4n) is 3.81. The van der Waals surface area contributed by atoms with Gasteiger partial charge < -0.3 is 20.2 Å². The van der Waals surface area contributed by atoms with Crippen LogP contribution in [-0.4, -0.2) is 67.4 Å². The molecule has 4 heterocycles. The number of aromatic nitrogens is 4. The van der Waals surface area contributed by atoms with E-state index in [9.17, 15) is 9.90 Å². The lowest BCUT2D eigenvalue weighted by atomic mass is 10.2. The lowest BCUT2D eigenvalue weighted by Gasteiger charge is -2.39. The molecule has 138 valence electrons. The third-order valence-electron chi connectivity index (χ3n) is 4.97. The van der Waals surface area contributed by atoms with Crippen molar-refractivity contribution in [2.45, 2.75) is 44.5 Å². The number of piperazine rings is 1. The Morgan fingerprint density at radius 2 is 2.15 bits per heavy atom. The molecule has 0 radical (unpaired) electrons. The van der Waals surface area contributed by atoms with Crippen molar-refractivity contribution in [3.05, 3.63) is 24.7 Å². The lowest BCUT2D eigenvalue weighted by Crippen LogP contribution is -2.53. The molecule has 9 nitrogen and oxygen atoms in total. The minimum absolute atomic E-state index is 0.274. The summed E-state index contributed by atoms with van der Waals surface area (Å²) < 4.78 is 1.67. The number of fused-ring (bicyclic) bond motifs is 2. The van der Waals surface area contributed by atoms with Crippen LogP contribution in [0.4, 0.5) is 17.5 Å². The van der Waals surface area contributed by atoms with Gasteiger partial charge in [0.2, 0.25) is 12.4 Å². The molecule has 0 aromatic carbocycles. The monoisotopic (exact) mass is 357 g/mol. The molecule has 1 amide bonds. The van der Waals surface area contributed by atoms with E-state index in [4.69, 9.17) is 0 Å². The molecule has 4 rings (SSSR count). The highest BCUT2D eigenvalue weighted by Crippen LogP contribution is 2.31. The van der Waals surface area contributed by atoms with E-state index in [-0.39, 0.29) is 12.1 Å². The summed E-state index contributed by atoms with van der Waals surface area (Å²) in [4.78, 5) is 24.3. The summed E-state index contributed by atoms with van der Waals surface area (Å²) in [6.07, 6.45) is 7.86. The van der Waals surface area contributed by atoms with Crippen LogP contribution in [0.3, 0.4) is 0 Å². The molecule has 3 unspecified atom stereocenters. The van der Waals surface area contributed by atoms with Crippen molar-refractivity contribution in [2.75, 3.05) is 23.3 Å². The molecule has 2 aliphatic heterocycles. The zero-order valence-electron chi connectivity index (χ0n) is 14.7. The number of rotatable bonds is 6. The molecule has 2 aliphatic rings. The number of nitrogens with zero attached hydrogens (tertiary/aromatic N) is 6. The standard InChI is InChI=1S/C17H23N7O2/c1-12(26)7-23-8-13(6-19-23)20-17-18-5-4-16(21-17)22-9-14-2-3-15(10-22)24(14)11-25/h4-6,8,11-12,14-15,26H,2-3,7,9-10H2,1H3,(H,18,20,21). The highest BCUT2D eigenvalue weighted by Gasteiger charge is 2.39. The summed E-state index contributed by atoms with van der Waals surface area (Å²) >= 11 is 0. The quantitative estimate of drug-likeness (QED) is 0.731. The van der Waals surface area contributed by atoms with Crippen LogP contribution >= 0.6 is 0 Å². The van der Waals surface area contributed by atoms with Crippen LogP contribution in [-0.2, 0) is 11.3 Å². The van der Waals surface area contributed by atoms with Gasteiger partial charge in [0.05, 0.1) is 24.5 Å². The SMILES string of the molecule is CC(O)Cn1cc(Nc2nccc(N3CC4CCC(C3)N4C=O)n2)cn1. The van der Waals surface area contributed by atoms with Gasteiger partial charge in [-0.1, -0.05) is 0 Å². The second kappa shape index (κ2) is 6.91. The maximum atomic E-state index is 11.2. The Labute approximate surface area is 151 Å². The van der Waals surface area contributed by atoms with Crippen LogP contribution in [0.2, 0.25) is 0 Å². The normalized spacial score (nSPS) is 23.2. The first-order chi connectivity index (χ1) is 12.6. The number of hydrogen-bond donors (Lipinski definition) is 2. The van der Waals surface area contributed by atoms with E-state index in [1.165, 1.54) is 0 Å². The Kier molecular flexibility index (Phi) is 4.46. The Bertz CT molecular complexity index is 764. The van der Waals surface area contributed by atoms with E-state index in [1.54, 1.807) is 24.0 Å². The third kappa shape index (κ3) is 3.34. The summed E-state index contributed by atoms with van der Waals surface area (Å²) in [6.45, 7) is 3.77. The van der Waals surface area contributed by atoms with E-state index in [2.05, 4.69) is 25.3 Å². The summed E-state index contributed by atoms with van der Waals surface area (Å²) in [7, 11) is 0. The van der Waals surface area contributed by atoms with Gasteiger partial charge in [0.15, 0.2) is 0 Å². The third-order valence-corrected chi connectivity index (χ3v) is 4.97. The number of carbonyl (C=O) groups is 1. The largest absolute Gasteiger partial charge is 0.391 e. The van der Waals surface area contributed by atoms with E-state index >= 15 is 0 Å². The molecule has 2 N–H and O–H groups in total. The maximum absolute atomic E-state index is 11.2. The zero-order chi connectivity index (χ0) is 18.1. The highest BCUT2D eigenvalue weighted by atomic mass is 16.3. The first kappa shape index (κ1) is 16.8. The van der Waals surface area contributed by atoms with Gasteiger partial charge in [-0.2, -0.15) is 10.1 Å². The van der Waals surface area contributed by atoms with Crippen molar-refractivity contribution in [3.8, 4) is 0 Å². The number of carbonyl (C=O) groups excluding carboxylic acids is 1. The second-order valence-corrected chi connectivity index (χ2v) is 7.01. The molecular formula is C17H23N7O2. The molecular weight excluding hydrogens is 334 g/mol.